The molecule has 0 fully saturated rings. The van der Waals surface area contributed by atoms with Gasteiger partial charge in [-0.1, -0.05) is 202 Å². The normalized spacial score (nSPS) is 13.5. The number of rotatable bonds is 48. The number of ether oxygens (including phenoxy) is 3. The maximum Gasteiger partial charge on any atom is 0.362 e. The fourth-order valence-electron chi connectivity index (χ4n) is 7.63. The van der Waals surface area contributed by atoms with Crippen LogP contribution in [0.3, 0.4) is 0 Å². The van der Waals surface area contributed by atoms with Gasteiger partial charge in [-0.15, -0.1) is 0 Å². The third-order valence-electron chi connectivity index (χ3n) is 11.8. The van der Waals surface area contributed by atoms with Crippen molar-refractivity contribution >= 4 is 17.9 Å². The van der Waals surface area contributed by atoms with Crippen molar-refractivity contribution in [2.45, 2.75) is 231 Å². The predicted molar refractivity (Wildman–Crippen MR) is 284 cm³/mol. The Hall–Kier alpha value is -3.49. The highest BCUT2D eigenvalue weighted by molar-refractivity contribution is 5.72. The van der Waals surface area contributed by atoms with Crippen LogP contribution in [0.1, 0.15) is 219 Å². The SMILES string of the molecule is CC/C=C/C/C=C/C/C=C/C/C=C/C/C=C/C/C=C/CCCC(=O)OCC(COCCC(C(=O)O)[N+](C)(C)C)OC(=O)CCCCCCCCC/C=C/CCCCCCCCCCCCCC. The van der Waals surface area contributed by atoms with Crippen LogP contribution in [0.4, 0.5) is 0 Å². The Morgan fingerprint density at radius 2 is 0.851 bits per heavy atom. The molecule has 0 aliphatic carbocycles. The molecule has 0 heterocycles. The molecule has 67 heavy (non-hydrogen) atoms. The molecule has 0 aromatic carbocycles. The Balaban J connectivity index is 4.31. The smallest absolute Gasteiger partial charge is 0.362 e. The standard InChI is InChI=1S/C59H101NO7/c1-6-8-10-12-14-16-18-20-22-24-26-28-29-30-32-34-36-38-40-42-44-46-48-50-58(62)67-55(53-65-52-51-56(59(63)64)60(3,4)5)54-66-57(61)49-47-45-43-41-39-37-35-33-31-27-25-23-21-19-17-15-13-11-9-7-2/h9,11,15,17,21,23,27,30-32,35,37,41,43,55-56H,6-8,10,12-14,16,18-20,22,24-26,28-29,33-34,36,38-40,42,44-54H2,1-5H3/p+1/b11-9+,17-15+,23-21+,31-27+,32-30+,37-35+,43-41+. The zero-order valence-electron chi connectivity index (χ0n) is 43.8. The van der Waals surface area contributed by atoms with E-state index in [0.29, 0.717) is 19.3 Å². The molecule has 8 heteroatoms. The average molecular weight is 937 g/mol. The Morgan fingerprint density at radius 3 is 1.30 bits per heavy atom. The first-order valence-corrected chi connectivity index (χ1v) is 27.1. The minimum absolute atomic E-state index is 0.0373. The third kappa shape index (κ3) is 47.4. The van der Waals surface area contributed by atoms with Gasteiger partial charge >= 0.3 is 17.9 Å². The Labute approximate surface area is 412 Å². The monoisotopic (exact) mass is 937 g/mol. The molecular formula is C59H102NO7+. The number of carbonyl (C=O) groups is 3. The number of unbranched alkanes of at least 4 members (excludes halogenated alkanes) is 20. The summed E-state index contributed by atoms with van der Waals surface area (Å²) in [6.07, 6.45) is 65.1. The fraction of sp³-hybridized carbons (Fsp3) is 0.712. The van der Waals surface area contributed by atoms with Gasteiger partial charge in [0.25, 0.3) is 0 Å². The second kappa shape index (κ2) is 48.9. The van der Waals surface area contributed by atoms with Gasteiger partial charge in [0, 0.05) is 19.3 Å². The van der Waals surface area contributed by atoms with Crippen molar-refractivity contribution in [3.8, 4) is 0 Å². The molecule has 0 rings (SSSR count). The van der Waals surface area contributed by atoms with Crippen LogP contribution in [-0.2, 0) is 28.6 Å². The Bertz CT molecular complexity index is 1370. The van der Waals surface area contributed by atoms with Crippen molar-refractivity contribution in [1.82, 2.24) is 0 Å². The highest BCUT2D eigenvalue weighted by Gasteiger charge is 2.31. The third-order valence-corrected chi connectivity index (χ3v) is 11.8. The lowest BCUT2D eigenvalue weighted by Gasteiger charge is -2.31. The molecule has 2 unspecified atom stereocenters. The summed E-state index contributed by atoms with van der Waals surface area (Å²) in [7, 11) is 5.51. The predicted octanol–water partition coefficient (Wildman–Crippen LogP) is 16.0. The molecule has 0 spiro atoms. The number of carboxylic acid groups (broad SMARTS) is 1. The quantitative estimate of drug-likeness (QED) is 0.0281. The number of hydrogen-bond donors (Lipinski definition) is 1. The molecule has 0 radical (unpaired) electrons. The van der Waals surface area contributed by atoms with E-state index in [4.69, 9.17) is 14.2 Å². The highest BCUT2D eigenvalue weighted by Crippen LogP contribution is 2.15. The Kier molecular flexibility index (Phi) is 46.4. The lowest BCUT2D eigenvalue weighted by Crippen LogP contribution is -2.50. The number of aliphatic carboxylic acids is 1. The first-order valence-electron chi connectivity index (χ1n) is 27.1. The average Bonchev–Trinajstić information content (AvgIpc) is 3.29. The maximum atomic E-state index is 12.8. The zero-order valence-corrected chi connectivity index (χ0v) is 43.8. The van der Waals surface area contributed by atoms with Crippen LogP contribution < -0.4 is 0 Å². The Morgan fingerprint density at radius 1 is 0.463 bits per heavy atom. The summed E-state index contributed by atoms with van der Waals surface area (Å²) in [5.41, 5.74) is 0. The molecule has 0 saturated heterocycles. The van der Waals surface area contributed by atoms with Gasteiger partial charge in [0.05, 0.1) is 34.4 Å². The number of nitrogens with zero attached hydrogens (tertiary/aromatic N) is 1. The zero-order chi connectivity index (χ0) is 49.2. The first kappa shape index (κ1) is 63.5. The van der Waals surface area contributed by atoms with Crippen LogP contribution in [0, 0.1) is 0 Å². The lowest BCUT2D eigenvalue weighted by molar-refractivity contribution is -0.887. The van der Waals surface area contributed by atoms with Crippen molar-refractivity contribution in [3.63, 3.8) is 0 Å². The van der Waals surface area contributed by atoms with Crippen molar-refractivity contribution in [2.75, 3.05) is 41.0 Å². The van der Waals surface area contributed by atoms with Crippen molar-refractivity contribution in [1.29, 1.82) is 0 Å². The molecule has 0 saturated carbocycles. The van der Waals surface area contributed by atoms with Crippen LogP contribution in [0.25, 0.3) is 0 Å². The van der Waals surface area contributed by atoms with E-state index in [9.17, 15) is 19.5 Å². The van der Waals surface area contributed by atoms with E-state index >= 15 is 0 Å². The minimum Gasteiger partial charge on any atom is -0.477 e. The summed E-state index contributed by atoms with van der Waals surface area (Å²) in [6, 6.07) is -0.629. The van der Waals surface area contributed by atoms with Crippen LogP contribution in [0.5, 0.6) is 0 Å². The summed E-state index contributed by atoms with van der Waals surface area (Å²) in [5.74, 6) is -1.55. The van der Waals surface area contributed by atoms with E-state index in [1.54, 1.807) is 0 Å². The van der Waals surface area contributed by atoms with Crippen molar-refractivity contribution in [2.24, 2.45) is 0 Å². The summed E-state index contributed by atoms with van der Waals surface area (Å²) < 4.78 is 17.3. The molecule has 8 nitrogen and oxygen atoms in total. The number of hydrogen-bond acceptors (Lipinski definition) is 6. The molecule has 0 bridgehead atoms. The van der Waals surface area contributed by atoms with Crippen LogP contribution >= 0.6 is 0 Å². The first-order chi connectivity index (χ1) is 32.6. The van der Waals surface area contributed by atoms with E-state index in [-0.39, 0.29) is 42.7 Å². The molecule has 0 amide bonds. The number of allylic oxidation sites excluding steroid dienone is 14. The highest BCUT2D eigenvalue weighted by atomic mass is 16.6. The summed E-state index contributed by atoms with van der Waals surface area (Å²) in [5, 5.41) is 9.66. The summed E-state index contributed by atoms with van der Waals surface area (Å²) in [4.78, 5) is 37.2. The molecule has 384 valence electrons. The second-order valence-electron chi connectivity index (χ2n) is 19.1. The van der Waals surface area contributed by atoms with E-state index < -0.39 is 18.1 Å². The van der Waals surface area contributed by atoms with Crippen molar-refractivity contribution < 1.29 is 38.2 Å². The number of carbonyl (C=O) groups excluding carboxylic acids is 2. The van der Waals surface area contributed by atoms with E-state index in [1.807, 2.05) is 21.1 Å². The van der Waals surface area contributed by atoms with Gasteiger partial charge < -0.3 is 23.8 Å². The molecule has 1 N–H and O–H groups in total. The number of quaternary nitrogens is 1. The number of likely N-dealkylation sites (N-methyl/N-ethyl adjacent to an activating group) is 1. The van der Waals surface area contributed by atoms with Crippen LogP contribution in [0.2, 0.25) is 0 Å². The molecule has 0 aromatic rings. The molecule has 0 aliphatic heterocycles. The molecule has 2 atom stereocenters. The molecule has 0 aromatic heterocycles. The van der Waals surface area contributed by atoms with E-state index in [1.165, 1.54) is 116 Å². The maximum absolute atomic E-state index is 12.8. The second-order valence-corrected chi connectivity index (χ2v) is 19.1. The van der Waals surface area contributed by atoms with Gasteiger partial charge in [-0.2, -0.15) is 0 Å². The van der Waals surface area contributed by atoms with Gasteiger partial charge in [0.2, 0.25) is 0 Å². The van der Waals surface area contributed by atoms with Gasteiger partial charge in [-0.05, 0) is 83.5 Å². The topological polar surface area (TPSA) is 99.1 Å². The largest absolute Gasteiger partial charge is 0.477 e. The van der Waals surface area contributed by atoms with Gasteiger partial charge in [0.15, 0.2) is 12.1 Å². The number of esters is 2. The van der Waals surface area contributed by atoms with E-state index in [0.717, 1.165) is 64.2 Å². The molecule has 0 aliphatic rings. The number of carboxylic acids is 1. The van der Waals surface area contributed by atoms with Gasteiger partial charge in [-0.25, -0.2) is 4.79 Å². The molecular weight excluding hydrogens is 835 g/mol. The van der Waals surface area contributed by atoms with Gasteiger partial charge in [-0.3, -0.25) is 9.59 Å². The van der Waals surface area contributed by atoms with E-state index in [2.05, 4.69) is 98.9 Å². The van der Waals surface area contributed by atoms with Gasteiger partial charge in [0.1, 0.15) is 6.61 Å². The van der Waals surface area contributed by atoms with Crippen LogP contribution in [-0.4, -0.2) is 80.6 Å². The lowest BCUT2D eigenvalue weighted by atomic mass is 10.0. The van der Waals surface area contributed by atoms with Crippen molar-refractivity contribution in [3.05, 3.63) is 85.1 Å². The summed E-state index contributed by atoms with van der Waals surface area (Å²) in [6.45, 7) is 4.57. The minimum atomic E-state index is -0.885. The van der Waals surface area contributed by atoms with Crippen LogP contribution in [0.15, 0.2) is 85.1 Å². The summed E-state index contributed by atoms with van der Waals surface area (Å²) >= 11 is 0. The fourth-order valence-corrected chi connectivity index (χ4v) is 7.63.